The zero-order valence-electron chi connectivity index (χ0n) is 10.1. The predicted molar refractivity (Wildman–Crippen MR) is 75.0 cm³/mol. The minimum absolute atomic E-state index is 0.394. The monoisotopic (exact) mass is 331 g/mol. The van der Waals surface area contributed by atoms with E-state index in [1.54, 1.807) is 6.92 Å². The first-order valence-corrected chi connectivity index (χ1v) is 8.09. The van der Waals surface area contributed by atoms with Crippen LogP contribution >= 0.6 is 15.9 Å². The lowest BCUT2D eigenvalue weighted by Gasteiger charge is -2.13. The van der Waals surface area contributed by atoms with E-state index in [9.17, 15) is 8.42 Å². The number of fused-ring (bicyclic) bond motifs is 1. The predicted octanol–water partition coefficient (Wildman–Crippen LogP) is 2.77. The van der Waals surface area contributed by atoms with E-state index in [1.807, 2.05) is 35.0 Å². The van der Waals surface area contributed by atoms with Crippen molar-refractivity contribution in [3.05, 3.63) is 34.9 Å². The van der Waals surface area contributed by atoms with Crippen molar-refractivity contribution >= 4 is 37.0 Å². The summed E-state index contributed by atoms with van der Waals surface area (Å²) >= 11 is 3.43. The molecule has 0 spiro atoms. The Kier molecular flexibility index (Phi) is 3.79. The Balaban J connectivity index is 2.24. The first-order chi connectivity index (χ1) is 8.35. The van der Waals surface area contributed by atoms with E-state index in [-0.39, 0.29) is 0 Å². The topological polar surface area (TPSA) is 48.3 Å². The minimum Gasteiger partial charge on any atom is -0.345 e. The van der Waals surface area contributed by atoms with Crippen molar-refractivity contribution in [2.75, 3.05) is 6.26 Å². The standard InChI is InChI=1S/C12H14BrNO3S/c1-9(17-18(2,15)16)8-14-6-5-10-3-4-11(13)7-12(10)14/h3-7,9H,8H2,1-2H3/t9-/m0/s1. The van der Waals surface area contributed by atoms with E-state index in [0.717, 1.165) is 21.6 Å². The highest BCUT2D eigenvalue weighted by Crippen LogP contribution is 2.21. The SMILES string of the molecule is C[C@@H](Cn1ccc2ccc(Br)cc21)OS(C)(=O)=O. The second-order valence-electron chi connectivity index (χ2n) is 4.28. The van der Waals surface area contributed by atoms with Gasteiger partial charge in [0.1, 0.15) is 0 Å². The number of benzene rings is 1. The lowest BCUT2D eigenvalue weighted by Crippen LogP contribution is -2.19. The number of aromatic nitrogens is 1. The molecule has 2 rings (SSSR count). The normalized spacial score (nSPS) is 13.9. The third kappa shape index (κ3) is 3.34. The van der Waals surface area contributed by atoms with Crippen LogP contribution < -0.4 is 0 Å². The van der Waals surface area contributed by atoms with E-state index >= 15 is 0 Å². The van der Waals surface area contributed by atoms with E-state index in [2.05, 4.69) is 15.9 Å². The lowest BCUT2D eigenvalue weighted by atomic mass is 10.2. The average Bonchev–Trinajstić information content (AvgIpc) is 2.58. The zero-order valence-corrected chi connectivity index (χ0v) is 12.5. The highest BCUT2D eigenvalue weighted by molar-refractivity contribution is 9.10. The zero-order chi connectivity index (χ0) is 13.3. The van der Waals surface area contributed by atoms with E-state index < -0.39 is 16.2 Å². The quantitative estimate of drug-likeness (QED) is 0.809. The number of rotatable bonds is 4. The Morgan fingerprint density at radius 1 is 1.39 bits per heavy atom. The molecule has 0 N–H and O–H groups in total. The van der Waals surface area contributed by atoms with Gasteiger partial charge in [0.15, 0.2) is 0 Å². The summed E-state index contributed by atoms with van der Waals surface area (Å²) < 4.78 is 30.0. The van der Waals surface area contributed by atoms with Crippen molar-refractivity contribution in [2.24, 2.45) is 0 Å². The molecule has 1 aromatic heterocycles. The van der Waals surface area contributed by atoms with Crippen LogP contribution in [0.1, 0.15) is 6.92 Å². The van der Waals surface area contributed by atoms with Gasteiger partial charge < -0.3 is 4.57 Å². The van der Waals surface area contributed by atoms with Gasteiger partial charge in [-0.2, -0.15) is 8.42 Å². The fourth-order valence-corrected chi connectivity index (χ4v) is 2.93. The molecular weight excluding hydrogens is 318 g/mol. The summed E-state index contributed by atoms with van der Waals surface area (Å²) in [6.07, 6.45) is 2.60. The second kappa shape index (κ2) is 5.03. The molecule has 0 saturated carbocycles. The molecule has 18 heavy (non-hydrogen) atoms. The van der Waals surface area contributed by atoms with Gasteiger partial charge in [0, 0.05) is 16.2 Å². The van der Waals surface area contributed by atoms with Crippen molar-refractivity contribution < 1.29 is 12.6 Å². The molecule has 98 valence electrons. The second-order valence-corrected chi connectivity index (χ2v) is 6.80. The van der Waals surface area contributed by atoms with E-state index in [4.69, 9.17) is 4.18 Å². The van der Waals surface area contributed by atoms with Crippen LogP contribution in [0, 0.1) is 0 Å². The Hall–Kier alpha value is -0.850. The summed E-state index contributed by atoms with van der Waals surface area (Å²) in [7, 11) is -3.41. The van der Waals surface area contributed by atoms with Gasteiger partial charge in [-0.15, -0.1) is 0 Å². The number of hydrogen-bond acceptors (Lipinski definition) is 3. The molecule has 4 nitrogen and oxygen atoms in total. The maximum absolute atomic E-state index is 11.0. The Bertz CT molecular complexity index is 663. The van der Waals surface area contributed by atoms with Crippen molar-refractivity contribution in [3.63, 3.8) is 0 Å². The maximum atomic E-state index is 11.0. The fourth-order valence-electron chi connectivity index (χ4n) is 1.92. The van der Waals surface area contributed by atoms with Gasteiger partial charge in [0.25, 0.3) is 10.1 Å². The van der Waals surface area contributed by atoms with E-state index in [0.29, 0.717) is 6.54 Å². The first kappa shape index (κ1) is 13.6. The molecule has 0 fully saturated rings. The minimum atomic E-state index is -3.41. The van der Waals surface area contributed by atoms with Crippen LogP contribution in [-0.4, -0.2) is 25.3 Å². The summed E-state index contributed by atoms with van der Waals surface area (Å²) in [4.78, 5) is 0. The van der Waals surface area contributed by atoms with Gasteiger partial charge in [0.2, 0.25) is 0 Å². The fraction of sp³-hybridized carbons (Fsp3) is 0.333. The summed E-state index contributed by atoms with van der Waals surface area (Å²) in [5.74, 6) is 0. The van der Waals surface area contributed by atoms with Crippen molar-refractivity contribution in [3.8, 4) is 0 Å². The third-order valence-corrected chi connectivity index (χ3v) is 3.70. The largest absolute Gasteiger partial charge is 0.345 e. The highest BCUT2D eigenvalue weighted by Gasteiger charge is 2.12. The Labute approximate surface area is 115 Å². The molecule has 1 aromatic carbocycles. The summed E-state index contributed by atoms with van der Waals surface area (Å²) in [5, 5.41) is 1.12. The van der Waals surface area contributed by atoms with Gasteiger partial charge in [0.05, 0.1) is 18.9 Å². The molecule has 0 aliphatic rings. The van der Waals surface area contributed by atoms with Crippen LogP contribution in [0.2, 0.25) is 0 Å². The van der Waals surface area contributed by atoms with Crippen LogP contribution in [0.25, 0.3) is 10.9 Å². The molecule has 1 heterocycles. The number of hydrogen-bond donors (Lipinski definition) is 0. The Morgan fingerprint density at radius 3 is 2.78 bits per heavy atom. The summed E-state index contributed by atoms with van der Waals surface area (Å²) in [6.45, 7) is 2.23. The van der Waals surface area contributed by atoms with Crippen LogP contribution in [0.3, 0.4) is 0 Å². The van der Waals surface area contributed by atoms with Gasteiger partial charge in [-0.05, 0) is 30.5 Å². The van der Waals surface area contributed by atoms with Crippen LogP contribution in [0.4, 0.5) is 0 Å². The third-order valence-electron chi connectivity index (χ3n) is 2.53. The molecule has 0 amide bonds. The van der Waals surface area contributed by atoms with Crippen molar-refractivity contribution in [2.45, 2.75) is 19.6 Å². The molecule has 0 saturated heterocycles. The van der Waals surface area contributed by atoms with Crippen molar-refractivity contribution in [1.29, 1.82) is 0 Å². The summed E-state index contributed by atoms with van der Waals surface area (Å²) in [6, 6.07) is 7.98. The highest BCUT2D eigenvalue weighted by atomic mass is 79.9. The van der Waals surface area contributed by atoms with Gasteiger partial charge >= 0.3 is 0 Å². The molecule has 0 bridgehead atoms. The van der Waals surface area contributed by atoms with Crippen molar-refractivity contribution in [1.82, 2.24) is 4.57 Å². The molecule has 0 unspecified atom stereocenters. The number of halogens is 1. The molecule has 0 aliphatic heterocycles. The van der Waals surface area contributed by atoms with Crippen LogP contribution in [0.15, 0.2) is 34.9 Å². The first-order valence-electron chi connectivity index (χ1n) is 5.48. The number of nitrogens with zero attached hydrogens (tertiary/aromatic N) is 1. The molecular formula is C12H14BrNO3S. The van der Waals surface area contributed by atoms with Gasteiger partial charge in [-0.3, -0.25) is 4.18 Å². The van der Waals surface area contributed by atoms with E-state index in [1.165, 1.54) is 0 Å². The molecule has 6 heteroatoms. The van der Waals surface area contributed by atoms with Gasteiger partial charge in [-0.1, -0.05) is 22.0 Å². The molecule has 1 atom stereocenters. The van der Waals surface area contributed by atoms with Gasteiger partial charge in [-0.25, -0.2) is 0 Å². The molecule has 2 aromatic rings. The smallest absolute Gasteiger partial charge is 0.264 e. The molecule has 0 aliphatic carbocycles. The maximum Gasteiger partial charge on any atom is 0.264 e. The molecule has 0 radical (unpaired) electrons. The average molecular weight is 332 g/mol. The Morgan fingerprint density at radius 2 is 2.11 bits per heavy atom. The lowest BCUT2D eigenvalue weighted by molar-refractivity contribution is 0.211. The summed E-state index contributed by atoms with van der Waals surface area (Å²) in [5.41, 5.74) is 1.05. The van der Waals surface area contributed by atoms with Crippen LogP contribution in [0.5, 0.6) is 0 Å². The van der Waals surface area contributed by atoms with Crippen LogP contribution in [-0.2, 0) is 20.8 Å².